The van der Waals surface area contributed by atoms with Crippen molar-refractivity contribution in [2.75, 3.05) is 6.61 Å². The van der Waals surface area contributed by atoms with Gasteiger partial charge in [-0.25, -0.2) is 9.78 Å². The predicted octanol–water partition coefficient (Wildman–Crippen LogP) is 3.97. The SMILES string of the molecule is CCOC(=O)c1c(C)nc(C#Cc2ccc(-c3ccccc3)cc2)n1C. The van der Waals surface area contributed by atoms with E-state index in [4.69, 9.17) is 4.74 Å². The number of hydrogen-bond acceptors (Lipinski definition) is 3. The third kappa shape index (κ3) is 3.68. The van der Waals surface area contributed by atoms with Crippen molar-refractivity contribution in [2.24, 2.45) is 7.05 Å². The molecule has 26 heavy (non-hydrogen) atoms. The lowest BCUT2D eigenvalue weighted by Gasteiger charge is -2.03. The maximum Gasteiger partial charge on any atom is 0.356 e. The van der Waals surface area contributed by atoms with E-state index in [9.17, 15) is 4.79 Å². The number of rotatable bonds is 3. The first kappa shape index (κ1) is 17.5. The van der Waals surface area contributed by atoms with Crippen LogP contribution in [0.4, 0.5) is 0 Å². The normalized spacial score (nSPS) is 10.1. The molecule has 0 aliphatic carbocycles. The molecular formula is C22H20N2O2. The number of aryl methyl sites for hydroxylation is 1. The highest BCUT2D eigenvalue weighted by Crippen LogP contribution is 2.19. The Hall–Kier alpha value is -3.32. The number of nitrogens with zero attached hydrogens (tertiary/aromatic N) is 2. The first-order valence-electron chi connectivity index (χ1n) is 8.48. The van der Waals surface area contributed by atoms with Crippen LogP contribution in [0.2, 0.25) is 0 Å². The molecule has 0 N–H and O–H groups in total. The summed E-state index contributed by atoms with van der Waals surface area (Å²) >= 11 is 0. The quantitative estimate of drug-likeness (QED) is 0.533. The Bertz CT molecular complexity index is 975. The van der Waals surface area contributed by atoms with E-state index in [0.717, 1.165) is 11.1 Å². The number of benzene rings is 2. The smallest absolute Gasteiger partial charge is 0.356 e. The molecule has 130 valence electrons. The zero-order valence-corrected chi connectivity index (χ0v) is 15.1. The van der Waals surface area contributed by atoms with Gasteiger partial charge in [0.15, 0.2) is 11.5 Å². The van der Waals surface area contributed by atoms with Gasteiger partial charge in [0, 0.05) is 12.6 Å². The molecule has 1 aromatic heterocycles. The van der Waals surface area contributed by atoms with Gasteiger partial charge in [0.1, 0.15) is 0 Å². The van der Waals surface area contributed by atoms with Crippen molar-refractivity contribution in [1.29, 1.82) is 0 Å². The molecule has 0 saturated carbocycles. The van der Waals surface area contributed by atoms with Crippen molar-refractivity contribution in [1.82, 2.24) is 9.55 Å². The average Bonchev–Trinajstić information content (AvgIpc) is 2.95. The van der Waals surface area contributed by atoms with Gasteiger partial charge in [-0.3, -0.25) is 0 Å². The fourth-order valence-electron chi connectivity index (χ4n) is 2.74. The van der Waals surface area contributed by atoms with Crippen LogP contribution in [0.1, 0.15) is 34.5 Å². The van der Waals surface area contributed by atoms with Gasteiger partial charge in [-0.05, 0) is 43.0 Å². The molecule has 1 heterocycles. The highest BCUT2D eigenvalue weighted by Gasteiger charge is 2.18. The summed E-state index contributed by atoms with van der Waals surface area (Å²) in [5.41, 5.74) is 4.27. The number of carbonyl (C=O) groups excluding carboxylic acids is 1. The van der Waals surface area contributed by atoms with Crippen molar-refractivity contribution in [3.05, 3.63) is 77.4 Å². The van der Waals surface area contributed by atoms with Crippen LogP contribution < -0.4 is 0 Å². The maximum atomic E-state index is 12.0. The Labute approximate surface area is 153 Å². The molecular weight excluding hydrogens is 324 g/mol. The predicted molar refractivity (Wildman–Crippen MR) is 102 cm³/mol. The molecule has 3 aromatic rings. The summed E-state index contributed by atoms with van der Waals surface area (Å²) in [6, 6.07) is 18.3. The number of carbonyl (C=O) groups is 1. The molecule has 4 heteroatoms. The lowest BCUT2D eigenvalue weighted by Crippen LogP contribution is -2.11. The van der Waals surface area contributed by atoms with Crippen LogP contribution >= 0.6 is 0 Å². The lowest BCUT2D eigenvalue weighted by molar-refractivity contribution is 0.0514. The van der Waals surface area contributed by atoms with Crippen LogP contribution in [0.3, 0.4) is 0 Å². The van der Waals surface area contributed by atoms with E-state index in [1.807, 2.05) is 42.5 Å². The summed E-state index contributed by atoms with van der Waals surface area (Å²) in [7, 11) is 1.77. The van der Waals surface area contributed by atoms with Crippen LogP contribution in [0, 0.1) is 18.8 Å². The molecule has 0 spiro atoms. The summed E-state index contributed by atoms with van der Waals surface area (Å²) in [6.07, 6.45) is 0. The van der Waals surface area contributed by atoms with Crippen LogP contribution in [-0.2, 0) is 11.8 Å². The van der Waals surface area contributed by atoms with E-state index in [-0.39, 0.29) is 5.97 Å². The number of aromatic nitrogens is 2. The Morgan fingerprint density at radius 1 is 1.04 bits per heavy atom. The number of hydrogen-bond donors (Lipinski definition) is 0. The largest absolute Gasteiger partial charge is 0.461 e. The first-order chi connectivity index (χ1) is 12.6. The minimum absolute atomic E-state index is 0.332. The number of imidazole rings is 1. The molecule has 0 bridgehead atoms. The Morgan fingerprint density at radius 3 is 2.35 bits per heavy atom. The van der Waals surface area contributed by atoms with Crippen LogP contribution in [0.25, 0.3) is 11.1 Å². The summed E-state index contributed by atoms with van der Waals surface area (Å²) in [6.45, 7) is 3.90. The molecule has 0 aliphatic rings. The van der Waals surface area contributed by atoms with Gasteiger partial charge in [0.05, 0.1) is 12.3 Å². The van der Waals surface area contributed by atoms with Crippen molar-refractivity contribution in [3.8, 4) is 23.0 Å². The molecule has 0 radical (unpaired) electrons. The number of esters is 1. The summed E-state index contributed by atoms with van der Waals surface area (Å²) in [5, 5.41) is 0. The van der Waals surface area contributed by atoms with Gasteiger partial charge in [-0.1, -0.05) is 48.4 Å². The second-order valence-corrected chi connectivity index (χ2v) is 5.84. The second kappa shape index (κ2) is 7.71. The van der Waals surface area contributed by atoms with Crippen LogP contribution in [0.5, 0.6) is 0 Å². The first-order valence-corrected chi connectivity index (χ1v) is 8.48. The van der Waals surface area contributed by atoms with Gasteiger partial charge in [-0.15, -0.1) is 0 Å². The molecule has 0 atom stereocenters. The average molecular weight is 344 g/mol. The zero-order chi connectivity index (χ0) is 18.5. The van der Waals surface area contributed by atoms with Crippen LogP contribution in [-0.4, -0.2) is 22.1 Å². The molecule has 0 fully saturated rings. The monoisotopic (exact) mass is 344 g/mol. The van der Waals surface area contributed by atoms with Gasteiger partial charge >= 0.3 is 5.97 Å². The summed E-state index contributed by atoms with van der Waals surface area (Å²) in [4.78, 5) is 16.4. The van der Waals surface area contributed by atoms with Gasteiger partial charge in [0.25, 0.3) is 0 Å². The summed E-state index contributed by atoms with van der Waals surface area (Å²) < 4.78 is 6.75. The second-order valence-electron chi connectivity index (χ2n) is 5.84. The molecule has 0 aliphatic heterocycles. The third-order valence-electron chi connectivity index (χ3n) is 4.05. The molecule has 0 unspecified atom stereocenters. The van der Waals surface area contributed by atoms with Crippen molar-refractivity contribution in [3.63, 3.8) is 0 Å². The van der Waals surface area contributed by atoms with E-state index in [1.165, 1.54) is 5.56 Å². The number of ether oxygens (including phenoxy) is 1. The van der Waals surface area contributed by atoms with Gasteiger partial charge < -0.3 is 9.30 Å². The fourth-order valence-corrected chi connectivity index (χ4v) is 2.74. The minimum Gasteiger partial charge on any atom is -0.461 e. The molecule has 0 amide bonds. The maximum absolute atomic E-state index is 12.0. The fraction of sp³-hybridized carbons (Fsp3) is 0.182. The molecule has 0 saturated heterocycles. The van der Waals surface area contributed by atoms with E-state index in [0.29, 0.717) is 23.8 Å². The minimum atomic E-state index is -0.375. The van der Waals surface area contributed by atoms with Crippen molar-refractivity contribution < 1.29 is 9.53 Å². The van der Waals surface area contributed by atoms with E-state index in [2.05, 4.69) is 29.0 Å². The Balaban J connectivity index is 1.84. The van der Waals surface area contributed by atoms with E-state index in [1.54, 1.807) is 25.5 Å². The zero-order valence-electron chi connectivity index (χ0n) is 15.1. The molecule has 3 rings (SSSR count). The summed E-state index contributed by atoms with van der Waals surface area (Å²) in [5.74, 6) is 6.31. The molecule has 4 nitrogen and oxygen atoms in total. The lowest BCUT2D eigenvalue weighted by atomic mass is 10.0. The van der Waals surface area contributed by atoms with Crippen molar-refractivity contribution in [2.45, 2.75) is 13.8 Å². The van der Waals surface area contributed by atoms with Gasteiger partial charge in [-0.2, -0.15) is 0 Å². The highest BCUT2D eigenvalue weighted by molar-refractivity contribution is 5.89. The topological polar surface area (TPSA) is 44.1 Å². The van der Waals surface area contributed by atoms with Crippen LogP contribution in [0.15, 0.2) is 54.6 Å². The Morgan fingerprint density at radius 2 is 1.69 bits per heavy atom. The molecule has 2 aromatic carbocycles. The van der Waals surface area contributed by atoms with E-state index >= 15 is 0 Å². The standard InChI is InChI=1S/C22H20N2O2/c1-4-26-22(25)21-16(2)23-20(24(21)3)15-12-17-10-13-19(14-11-17)18-8-6-5-7-9-18/h5-11,13-14H,4H2,1-3H3. The third-order valence-corrected chi connectivity index (χ3v) is 4.05. The Kier molecular flexibility index (Phi) is 5.19. The highest BCUT2D eigenvalue weighted by atomic mass is 16.5. The van der Waals surface area contributed by atoms with Gasteiger partial charge in [0.2, 0.25) is 0 Å². The van der Waals surface area contributed by atoms with Crippen molar-refractivity contribution >= 4 is 5.97 Å². The van der Waals surface area contributed by atoms with E-state index < -0.39 is 0 Å².